The number of halogens is 4. The van der Waals surface area contributed by atoms with Crippen molar-refractivity contribution in [3.05, 3.63) is 34.4 Å². The Bertz CT molecular complexity index is 683. The zero-order valence-electron chi connectivity index (χ0n) is 10.8. The van der Waals surface area contributed by atoms with Gasteiger partial charge in [-0.05, 0) is 25.1 Å². The molecule has 114 valence electrons. The Balaban J connectivity index is 2.70. The van der Waals surface area contributed by atoms with Crippen molar-refractivity contribution < 1.29 is 27.8 Å². The first-order valence-electron chi connectivity index (χ1n) is 5.95. The number of carbonyl (C=O) groups is 1. The van der Waals surface area contributed by atoms with Crippen LogP contribution in [0.15, 0.2) is 28.9 Å². The molecule has 0 aliphatic rings. The van der Waals surface area contributed by atoms with Crippen LogP contribution in [0.5, 0.6) is 0 Å². The van der Waals surface area contributed by atoms with Gasteiger partial charge >= 0.3 is 12.1 Å². The van der Waals surface area contributed by atoms with Crippen LogP contribution in [0.2, 0.25) is 0 Å². The summed E-state index contributed by atoms with van der Waals surface area (Å²) in [7, 11) is 0. The Morgan fingerprint density at radius 1 is 1.43 bits per heavy atom. The van der Waals surface area contributed by atoms with Crippen molar-refractivity contribution in [2.24, 2.45) is 0 Å². The number of rotatable bonds is 3. The van der Waals surface area contributed by atoms with Gasteiger partial charge in [-0.1, -0.05) is 15.9 Å². The number of hydrogen-bond donors (Lipinski definition) is 2. The quantitative estimate of drug-likeness (QED) is 0.820. The minimum atomic E-state index is -5.21. The van der Waals surface area contributed by atoms with Crippen LogP contribution >= 0.6 is 15.9 Å². The van der Waals surface area contributed by atoms with Crippen molar-refractivity contribution in [3.63, 3.8) is 0 Å². The zero-order chi connectivity index (χ0) is 15.8. The third-order valence-electron chi connectivity index (χ3n) is 3.01. The van der Waals surface area contributed by atoms with E-state index in [0.717, 1.165) is 6.20 Å². The zero-order valence-corrected chi connectivity index (χ0v) is 12.4. The van der Waals surface area contributed by atoms with Gasteiger partial charge in [0.2, 0.25) is 0 Å². The summed E-state index contributed by atoms with van der Waals surface area (Å²) < 4.78 is 44.8. The number of esters is 1. The number of aromatic amines is 1. The molecular weight excluding hydrogens is 355 g/mol. The molecule has 2 aromatic rings. The van der Waals surface area contributed by atoms with Crippen molar-refractivity contribution >= 4 is 32.8 Å². The molecule has 0 saturated heterocycles. The number of H-pyrrole nitrogens is 1. The maximum absolute atomic E-state index is 13.3. The van der Waals surface area contributed by atoms with Gasteiger partial charge in [-0.25, -0.2) is 4.79 Å². The number of nitrogens with one attached hydrogen (secondary N) is 1. The van der Waals surface area contributed by atoms with Crippen LogP contribution in [-0.2, 0) is 15.1 Å². The third kappa shape index (κ3) is 2.53. The number of aliphatic hydroxyl groups is 1. The molecule has 2 rings (SSSR count). The van der Waals surface area contributed by atoms with E-state index in [1.807, 2.05) is 0 Å². The molecule has 0 amide bonds. The summed E-state index contributed by atoms with van der Waals surface area (Å²) in [6.45, 7) is 1.09. The number of hydrogen-bond acceptors (Lipinski definition) is 3. The lowest BCUT2D eigenvalue weighted by atomic mass is 9.92. The van der Waals surface area contributed by atoms with Gasteiger partial charge in [0, 0.05) is 27.1 Å². The monoisotopic (exact) mass is 365 g/mol. The molecule has 0 radical (unpaired) electrons. The fraction of sp³-hybridized carbons (Fsp3) is 0.308. The summed E-state index contributed by atoms with van der Waals surface area (Å²) in [5.74, 6) is -1.75. The summed E-state index contributed by atoms with van der Waals surface area (Å²) in [6.07, 6.45) is -4.25. The minimum Gasteiger partial charge on any atom is -0.463 e. The van der Waals surface area contributed by atoms with Crippen molar-refractivity contribution in [1.82, 2.24) is 4.98 Å². The average Bonchev–Trinajstić information content (AvgIpc) is 2.79. The second kappa shape index (κ2) is 5.34. The van der Waals surface area contributed by atoms with Crippen molar-refractivity contribution in [1.29, 1.82) is 0 Å². The fourth-order valence-electron chi connectivity index (χ4n) is 2.01. The number of alkyl halides is 3. The topological polar surface area (TPSA) is 62.3 Å². The number of fused-ring (bicyclic) bond motifs is 1. The maximum atomic E-state index is 13.3. The SMILES string of the molecule is CCOC(=O)C(O)(c1c[nH]c2ccc(Br)cc12)C(F)(F)F. The molecule has 0 bridgehead atoms. The van der Waals surface area contributed by atoms with Crippen LogP contribution in [0.25, 0.3) is 10.9 Å². The van der Waals surface area contributed by atoms with Crippen LogP contribution in [-0.4, -0.2) is 28.8 Å². The lowest BCUT2D eigenvalue weighted by molar-refractivity contribution is -0.267. The molecule has 8 heteroatoms. The first-order valence-corrected chi connectivity index (χ1v) is 6.74. The van der Waals surface area contributed by atoms with Crippen molar-refractivity contribution in [3.8, 4) is 0 Å². The van der Waals surface area contributed by atoms with Gasteiger partial charge in [0.05, 0.1) is 6.61 Å². The fourth-order valence-corrected chi connectivity index (χ4v) is 2.37. The van der Waals surface area contributed by atoms with Crippen LogP contribution in [0.3, 0.4) is 0 Å². The summed E-state index contributed by atoms with van der Waals surface area (Å²) >= 11 is 3.14. The molecule has 21 heavy (non-hydrogen) atoms. The first-order chi connectivity index (χ1) is 9.71. The van der Waals surface area contributed by atoms with Crippen LogP contribution in [0, 0.1) is 0 Å². The summed E-state index contributed by atoms with van der Waals surface area (Å²) in [5.41, 5.74) is -3.95. The van der Waals surface area contributed by atoms with Gasteiger partial charge in [-0.3, -0.25) is 0 Å². The van der Waals surface area contributed by atoms with Crippen LogP contribution in [0.4, 0.5) is 13.2 Å². The first kappa shape index (κ1) is 15.8. The molecule has 2 N–H and O–H groups in total. The highest BCUT2D eigenvalue weighted by Gasteiger charge is 2.63. The van der Waals surface area contributed by atoms with E-state index in [0.29, 0.717) is 9.99 Å². The van der Waals surface area contributed by atoms with E-state index in [-0.39, 0.29) is 12.0 Å². The Labute approximate surface area is 126 Å². The molecule has 0 aliphatic heterocycles. The largest absolute Gasteiger partial charge is 0.463 e. The van der Waals surface area contributed by atoms with Crippen molar-refractivity contribution in [2.45, 2.75) is 18.7 Å². The van der Waals surface area contributed by atoms with E-state index in [1.165, 1.54) is 19.1 Å². The number of benzene rings is 1. The number of aromatic nitrogens is 1. The highest BCUT2D eigenvalue weighted by Crippen LogP contribution is 2.43. The van der Waals surface area contributed by atoms with Gasteiger partial charge in [-0.2, -0.15) is 13.2 Å². The van der Waals surface area contributed by atoms with E-state index in [9.17, 15) is 23.1 Å². The van der Waals surface area contributed by atoms with Gasteiger partial charge in [0.25, 0.3) is 5.60 Å². The minimum absolute atomic E-state index is 0.0808. The van der Waals surface area contributed by atoms with Crippen LogP contribution in [0.1, 0.15) is 12.5 Å². The predicted octanol–water partition coefficient (Wildman–Crippen LogP) is 3.24. The molecule has 0 fully saturated rings. The Hall–Kier alpha value is -1.54. The molecule has 0 spiro atoms. The Kier molecular flexibility index (Phi) is 4.03. The van der Waals surface area contributed by atoms with Gasteiger partial charge < -0.3 is 14.8 Å². The Morgan fingerprint density at radius 3 is 2.67 bits per heavy atom. The molecule has 1 atom stereocenters. The molecule has 1 aromatic carbocycles. The molecule has 1 heterocycles. The maximum Gasteiger partial charge on any atom is 0.432 e. The van der Waals surface area contributed by atoms with E-state index >= 15 is 0 Å². The molecule has 4 nitrogen and oxygen atoms in total. The summed E-state index contributed by atoms with van der Waals surface area (Å²) in [5, 5.41) is 10.1. The smallest absolute Gasteiger partial charge is 0.432 e. The molecule has 1 aromatic heterocycles. The second-order valence-electron chi connectivity index (χ2n) is 4.32. The highest BCUT2D eigenvalue weighted by molar-refractivity contribution is 9.10. The number of carbonyl (C=O) groups excluding carboxylic acids is 1. The average molecular weight is 366 g/mol. The third-order valence-corrected chi connectivity index (χ3v) is 3.51. The lowest BCUT2D eigenvalue weighted by Crippen LogP contribution is -2.50. The van der Waals surface area contributed by atoms with E-state index in [4.69, 9.17) is 0 Å². The van der Waals surface area contributed by atoms with Gasteiger partial charge in [0.15, 0.2) is 0 Å². The van der Waals surface area contributed by atoms with Gasteiger partial charge in [0.1, 0.15) is 0 Å². The highest BCUT2D eigenvalue weighted by atomic mass is 79.9. The van der Waals surface area contributed by atoms with E-state index < -0.39 is 23.3 Å². The Morgan fingerprint density at radius 2 is 2.10 bits per heavy atom. The standard InChI is InChI=1S/C13H11BrF3NO3/c1-2-21-11(19)12(20,13(15,16)17)9-6-18-10-4-3-7(14)5-8(9)10/h3-6,18,20H,2H2,1H3. The second-order valence-corrected chi connectivity index (χ2v) is 5.24. The predicted molar refractivity (Wildman–Crippen MR) is 72.6 cm³/mol. The summed E-state index contributed by atoms with van der Waals surface area (Å²) in [6, 6.07) is 4.54. The molecular formula is C13H11BrF3NO3. The van der Waals surface area contributed by atoms with Crippen LogP contribution < -0.4 is 0 Å². The van der Waals surface area contributed by atoms with E-state index in [1.54, 1.807) is 6.07 Å². The molecule has 1 unspecified atom stereocenters. The summed E-state index contributed by atoms with van der Waals surface area (Å²) in [4.78, 5) is 14.3. The van der Waals surface area contributed by atoms with E-state index in [2.05, 4.69) is 25.7 Å². The molecule has 0 saturated carbocycles. The molecule has 0 aliphatic carbocycles. The number of ether oxygens (including phenoxy) is 1. The van der Waals surface area contributed by atoms with Crippen molar-refractivity contribution in [2.75, 3.05) is 6.61 Å². The normalized spacial score (nSPS) is 15.0. The lowest BCUT2D eigenvalue weighted by Gasteiger charge is -2.27. The van der Waals surface area contributed by atoms with Gasteiger partial charge in [-0.15, -0.1) is 0 Å².